The molecule has 0 saturated carbocycles. The molecule has 2 heterocycles. The molecule has 4 rings (SSSR count). The van der Waals surface area contributed by atoms with Crippen LogP contribution in [0, 0.1) is 12.7 Å². The van der Waals surface area contributed by atoms with Crippen LogP contribution in [0.25, 0.3) is 0 Å². The Balaban J connectivity index is 1.33. The first-order valence-electron chi connectivity index (χ1n) is 11.2. The second kappa shape index (κ2) is 10.6. The van der Waals surface area contributed by atoms with Crippen LogP contribution in [0.5, 0.6) is 0 Å². The highest BCUT2D eigenvalue weighted by Crippen LogP contribution is 2.23. The van der Waals surface area contributed by atoms with Crippen molar-refractivity contribution in [2.24, 2.45) is 0 Å². The Labute approximate surface area is 198 Å². The molecule has 8 heteroatoms. The number of nitrogens with zero attached hydrogens (tertiary/aromatic N) is 3. The fraction of sp³-hybridized carbons (Fsp3) is 0.320. The first-order valence-corrected chi connectivity index (χ1v) is 11.6. The maximum Gasteiger partial charge on any atom is 0.229 e. The van der Waals surface area contributed by atoms with Crippen LogP contribution in [0.2, 0.25) is 5.02 Å². The maximum absolute atomic E-state index is 13.3. The number of amides is 1. The highest BCUT2D eigenvalue weighted by molar-refractivity contribution is 6.30. The number of aromatic nitrogens is 2. The van der Waals surface area contributed by atoms with E-state index in [1.54, 1.807) is 12.1 Å². The van der Waals surface area contributed by atoms with Crippen LogP contribution in [0.1, 0.15) is 36.9 Å². The molecule has 1 aliphatic heterocycles. The van der Waals surface area contributed by atoms with Gasteiger partial charge in [0.15, 0.2) is 0 Å². The second-order valence-corrected chi connectivity index (χ2v) is 8.65. The molecule has 0 unspecified atom stereocenters. The fourth-order valence-electron chi connectivity index (χ4n) is 3.84. The topological polar surface area (TPSA) is 70.2 Å². The van der Waals surface area contributed by atoms with Crippen molar-refractivity contribution in [2.45, 2.75) is 39.0 Å². The van der Waals surface area contributed by atoms with Gasteiger partial charge in [-0.15, -0.1) is 0 Å². The third-order valence-electron chi connectivity index (χ3n) is 5.57. The van der Waals surface area contributed by atoms with Gasteiger partial charge in [-0.1, -0.05) is 17.7 Å². The maximum atomic E-state index is 13.3. The van der Waals surface area contributed by atoms with Crippen molar-refractivity contribution >= 4 is 40.6 Å². The summed E-state index contributed by atoms with van der Waals surface area (Å²) >= 11 is 5.80. The van der Waals surface area contributed by atoms with Crippen LogP contribution in [-0.2, 0) is 11.2 Å². The van der Waals surface area contributed by atoms with Gasteiger partial charge in [-0.25, -0.2) is 9.37 Å². The molecule has 1 saturated heterocycles. The molecule has 3 aromatic rings. The zero-order valence-corrected chi connectivity index (χ0v) is 19.3. The lowest BCUT2D eigenvalue weighted by molar-refractivity contribution is -0.116. The normalized spacial score (nSPS) is 13.6. The van der Waals surface area contributed by atoms with E-state index in [9.17, 15) is 9.18 Å². The summed E-state index contributed by atoms with van der Waals surface area (Å²) in [7, 11) is 0. The lowest BCUT2D eigenvalue weighted by Crippen LogP contribution is -2.30. The molecular weight excluding hydrogens is 441 g/mol. The van der Waals surface area contributed by atoms with E-state index in [1.165, 1.54) is 25.3 Å². The van der Waals surface area contributed by atoms with Crippen molar-refractivity contribution in [1.82, 2.24) is 9.97 Å². The Kier molecular flexibility index (Phi) is 7.40. The van der Waals surface area contributed by atoms with Crippen LogP contribution in [-0.4, -0.2) is 29.0 Å². The molecule has 172 valence electrons. The number of carbonyl (C=O) groups excluding carboxylic acids is 1. The minimum atomic E-state index is -0.461. The zero-order chi connectivity index (χ0) is 23.2. The van der Waals surface area contributed by atoms with Gasteiger partial charge in [0, 0.05) is 42.6 Å². The van der Waals surface area contributed by atoms with E-state index in [0.29, 0.717) is 18.1 Å². The third kappa shape index (κ3) is 6.42. The standard InChI is InChI=1S/C25H27ClFN5O/c1-17-15-23(32-13-3-2-4-14-32)31-25(28-17)30-20-9-7-19(8-10-20)29-24(33)12-6-18-5-11-22(27)21(26)16-18/h5,7-11,15-16H,2-4,6,12-14H2,1H3,(H,29,33)(H,28,30,31). The quantitative estimate of drug-likeness (QED) is 0.454. The number of rotatable bonds is 7. The van der Waals surface area contributed by atoms with Gasteiger partial charge in [0.2, 0.25) is 11.9 Å². The number of hydrogen-bond acceptors (Lipinski definition) is 5. The molecule has 33 heavy (non-hydrogen) atoms. The average Bonchev–Trinajstić information content (AvgIpc) is 2.81. The summed E-state index contributed by atoms with van der Waals surface area (Å²) in [6.45, 7) is 4.02. The van der Waals surface area contributed by atoms with Gasteiger partial charge in [-0.3, -0.25) is 4.79 Å². The Morgan fingerprint density at radius 2 is 1.76 bits per heavy atom. The van der Waals surface area contributed by atoms with E-state index in [-0.39, 0.29) is 17.4 Å². The summed E-state index contributed by atoms with van der Waals surface area (Å²) in [4.78, 5) is 23.8. The Morgan fingerprint density at radius 3 is 2.48 bits per heavy atom. The predicted molar refractivity (Wildman–Crippen MR) is 131 cm³/mol. The molecule has 0 atom stereocenters. The van der Waals surface area contributed by atoms with Crippen molar-refractivity contribution in [3.63, 3.8) is 0 Å². The van der Waals surface area contributed by atoms with Crippen LogP contribution in [0.4, 0.5) is 27.5 Å². The van der Waals surface area contributed by atoms with Gasteiger partial charge >= 0.3 is 0 Å². The lowest BCUT2D eigenvalue weighted by atomic mass is 10.1. The molecular formula is C25H27ClFN5O. The Bertz CT molecular complexity index is 1120. The van der Waals surface area contributed by atoms with Gasteiger partial charge in [0.05, 0.1) is 5.02 Å². The molecule has 0 aliphatic carbocycles. The van der Waals surface area contributed by atoms with Crippen LogP contribution in [0.3, 0.4) is 0 Å². The minimum absolute atomic E-state index is 0.0663. The number of aryl methyl sites for hydroxylation is 2. The van der Waals surface area contributed by atoms with E-state index in [2.05, 4.69) is 25.5 Å². The van der Waals surface area contributed by atoms with Gasteiger partial charge in [-0.2, -0.15) is 4.98 Å². The third-order valence-corrected chi connectivity index (χ3v) is 5.86. The summed E-state index contributed by atoms with van der Waals surface area (Å²) in [5, 5.41) is 6.20. The van der Waals surface area contributed by atoms with Crippen LogP contribution < -0.4 is 15.5 Å². The minimum Gasteiger partial charge on any atom is -0.356 e. The molecule has 1 fully saturated rings. The molecule has 2 N–H and O–H groups in total. The SMILES string of the molecule is Cc1cc(N2CCCCC2)nc(Nc2ccc(NC(=O)CCc3ccc(F)c(Cl)c3)cc2)n1. The monoisotopic (exact) mass is 467 g/mol. The molecule has 0 spiro atoms. The second-order valence-electron chi connectivity index (χ2n) is 8.24. The summed E-state index contributed by atoms with van der Waals surface area (Å²) in [6.07, 6.45) is 4.41. The van der Waals surface area contributed by atoms with E-state index in [4.69, 9.17) is 11.6 Å². The van der Waals surface area contributed by atoms with E-state index in [0.717, 1.165) is 35.9 Å². The summed E-state index contributed by atoms with van der Waals surface area (Å²) in [5.74, 6) is 0.933. The largest absolute Gasteiger partial charge is 0.356 e. The first kappa shape index (κ1) is 23.0. The summed E-state index contributed by atoms with van der Waals surface area (Å²) < 4.78 is 13.3. The number of nitrogens with one attached hydrogen (secondary N) is 2. The lowest BCUT2D eigenvalue weighted by Gasteiger charge is -2.28. The summed E-state index contributed by atoms with van der Waals surface area (Å²) in [5.41, 5.74) is 3.27. The number of carbonyl (C=O) groups is 1. The molecule has 6 nitrogen and oxygen atoms in total. The first-order chi connectivity index (χ1) is 16.0. The number of hydrogen-bond donors (Lipinski definition) is 2. The van der Waals surface area contributed by atoms with E-state index >= 15 is 0 Å². The van der Waals surface area contributed by atoms with Gasteiger partial charge in [-0.05, 0) is 74.6 Å². The number of benzene rings is 2. The number of halogens is 2. The van der Waals surface area contributed by atoms with Crippen molar-refractivity contribution in [3.8, 4) is 0 Å². The number of anilines is 4. The van der Waals surface area contributed by atoms with Crippen molar-refractivity contribution in [3.05, 3.63) is 70.6 Å². The molecule has 1 aromatic heterocycles. The van der Waals surface area contributed by atoms with Crippen molar-refractivity contribution in [1.29, 1.82) is 0 Å². The fourth-order valence-corrected chi connectivity index (χ4v) is 4.04. The molecule has 0 radical (unpaired) electrons. The Morgan fingerprint density at radius 1 is 1.03 bits per heavy atom. The highest BCUT2D eigenvalue weighted by atomic mass is 35.5. The average molecular weight is 468 g/mol. The van der Waals surface area contributed by atoms with Crippen molar-refractivity contribution in [2.75, 3.05) is 28.6 Å². The van der Waals surface area contributed by atoms with E-state index in [1.807, 2.05) is 37.3 Å². The van der Waals surface area contributed by atoms with Crippen LogP contribution >= 0.6 is 11.6 Å². The van der Waals surface area contributed by atoms with Gasteiger partial charge in [0.1, 0.15) is 11.6 Å². The predicted octanol–water partition coefficient (Wildman–Crippen LogP) is 5.88. The van der Waals surface area contributed by atoms with Crippen molar-refractivity contribution < 1.29 is 9.18 Å². The molecule has 1 aliphatic rings. The summed E-state index contributed by atoms with van der Waals surface area (Å²) in [6, 6.07) is 13.9. The van der Waals surface area contributed by atoms with Gasteiger partial charge < -0.3 is 15.5 Å². The Hall–Kier alpha value is -3.19. The molecule has 1 amide bonds. The van der Waals surface area contributed by atoms with Crippen LogP contribution in [0.15, 0.2) is 48.5 Å². The smallest absolute Gasteiger partial charge is 0.229 e. The number of piperidine rings is 1. The van der Waals surface area contributed by atoms with E-state index < -0.39 is 5.82 Å². The van der Waals surface area contributed by atoms with Gasteiger partial charge in [0.25, 0.3) is 0 Å². The molecule has 0 bridgehead atoms. The highest BCUT2D eigenvalue weighted by Gasteiger charge is 2.14. The zero-order valence-electron chi connectivity index (χ0n) is 18.6. The molecule has 2 aromatic carbocycles.